The van der Waals surface area contributed by atoms with Gasteiger partial charge >= 0.3 is 0 Å². The quantitative estimate of drug-likeness (QED) is 0.636. The summed E-state index contributed by atoms with van der Waals surface area (Å²) < 4.78 is 1.83. The number of rotatable bonds is 1. The van der Waals surface area contributed by atoms with Gasteiger partial charge in [0, 0.05) is 6.20 Å². The summed E-state index contributed by atoms with van der Waals surface area (Å²) in [6, 6.07) is 2.01. The van der Waals surface area contributed by atoms with E-state index in [-0.39, 0.29) is 0 Å². The Kier molecular flexibility index (Phi) is 1.57. The summed E-state index contributed by atoms with van der Waals surface area (Å²) in [4.78, 5) is 4.28. The molecule has 62 valence electrons. The summed E-state index contributed by atoms with van der Waals surface area (Å²) in [5.41, 5.74) is 3.51. The van der Waals surface area contributed by atoms with Gasteiger partial charge in [-0.2, -0.15) is 5.10 Å². The highest BCUT2D eigenvalue weighted by molar-refractivity contribution is 5.57. The van der Waals surface area contributed by atoms with Gasteiger partial charge in [0.05, 0.1) is 11.2 Å². The zero-order valence-electron chi connectivity index (χ0n) is 7.28. The number of aromatic nitrogens is 3. The normalized spacial score (nSPS) is 10.8. The van der Waals surface area contributed by atoms with Crippen LogP contribution < -0.4 is 0 Å². The van der Waals surface area contributed by atoms with Gasteiger partial charge in [-0.15, -0.1) is 0 Å². The van der Waals surface area contributed by atoms with E-state index in [0.29, 0.717) is 0 Å². The van der Waals surface area contributed by atoms with E-state index >= 15 is 0 Å². The maximum atomic E-state index is 4.28. The lowest BCUT2D eigenvalue weighted by molar-refractivity contribution is 0.920. The lowest BCUT2D eigenvalue weighted by Gasteiger charge is -1.97. The van der Waals surface area contributed by atoms with E-state index < -0.39 is 0 Å². The molecule has 2 aromatic heterocycles. The lowest BCUT2D eigenvalue weighted by Crippen LogP contribution is -1.91. The molecule has 0 fully saturated rings. The monoisotopic (exact) mass is 161 g/mol. The fraction of sp³-hybridized carbons (Fsp3) is 0.333. The fourth-order valence-electron chi connectivity index (χ4n) is 1.43. The third-order valence-corrected chi connectivity index (χ3v) is 2.05. The highest BCUT2D eigenvalue weighted by atomic mass is 15.2. The summed E-state index contributed by atoms with van der Waals surface area (Å²) in [6.07, 6.45) is 4.52. The zero-order valence-corrected chi connectivity index (χ0v) is 7.28. The number of aryl methyl sites for hydroxylation is 2. The van der Waals surface area contributed by atoms with Gasteiger partial charge in [-0.3, -0.25) is 0 Å². The van der Waals surface area contributed by atoms with Gasteiger partial charge in [0.15, 0.2) is 0 Å². The molecule has 0 aliphatic rings. The summed E-state index contributed by atoms with van der Waals surface area (Å²) in [7, 11) is 0. The largest absolute Gasteiger partial charge is 0.239 e. The highest BCUT2D eigenvalue weighted by Gasteiger charge is 2.04. The maximum absolute atomic E-state index is 4.28. The van der Waals surface area contributed by atoms with Gasteiger partial charge in [-0.05, 0) is 25.0 Å². The third-order valence-electron chi connectivity index (χ3n) is 2.05. The van der Waals surface area contributed by atoms with Crippen LogP contribution >= 0.6 is 0 Å². The molecule has 2 aromatic rings. The van der Waals surface area contributed by atoms with E-state index in [1.165, 1.54) is 5.56 Å². The predicted octanol–water partition coefficient (Wildman–Crippen LogP) is 1.60. The molecule has 0 spiro atoms. The standard InChI is InChI=1S/C9H11N3/c1-3-8-9-7(2)4-5-11-12(9)6-10-8/h4-6H,3H2,1-2H3. The van der Waals surface area contributed by atoms with Crippen LogP contribution in [0.3, 0.4) is 0 Å². The van der Waals surface area contributed by atoms with Crippen molar-refractivity contribution in [1.29, 1.82) is 0 Å². The van der Waals surface area contributed by atoms with Crippen LogP contribution in [-0.4, -0.2) is 14.6 Å². The Labute approximate surface area is 71.1 Å². The molecule has 2 heterocycles. The van der Waals surface area contributed by atoms with E-state index in [0.717, 1.165) is 17.6 Å². The van der Waals surface area contributed by atoms with Crippen molar-refractivity contribution < 1.29 is 0 Å². The van der Waals surface area contributed by atoms with Gasteiger partial charge in [0.1, 0.15) is 6.33 Å². The van der Waals surface area contributed by atoms with Gasteiger partial charge in [-0.1, -0.05) is 6.92 Å². The average molecular weight is 161 g/mol. The minimum Gasteiger partial charge on any atom is -0.239 e. The molecule has 0 N–H and O–H groups in total. The second-order valence-corrected chi connectivity index (χ2v) is 2.85. The van der Waals surface area contributed by atoms with Crippen LogP contribution in [0.15, 0.2) is 18.6 Å². The van der Waals surface area contributed by atoms with Crippen molar-refractivity contribution >= 4 is 5.52 Å². The van der Waals surface area contributed by atoms with E-state index in [1.54, 1.807) is 12.5 Å². The maximum Gasteiger partial charge on any atom is 0.118 e. The van der Waals surface area contributed by atoms with Crippen LogP contribution in [-0.2, 0) is 6.42 Å². The molecular formula is C9H11N3. The van der Waals surface area contributed by atoms with Gasteiger partial charge in [0.2, 0.25) is 0 Å². The van der Waals surface area contributed by atoms with Crippen molar-refractivity contribution in [2.45, 2.75) is 20.3 Å². The molecule has 12 heavy (non-hydrogen) atoms. The first-order chi connectivity index (χ1) is 5.83. The Morgan fingerprint density at radius 2 is 2.33 bits per heavy atom. The van der Waals surface area contributed by atoms with Crippen LogP contribution in [0, 0.1) is 6.92 Å². The molecule has 0 unspecified atom stereocenters. The second-order valence-electron chi connectivity index (χ2n) is 2.85. The summed E-state index contributed by atoms with van der Waals surface area (Å²) in [5.74, 6) is 0. The zero-order chi connectivity index (χ0) is 8.55. The number of fused-ring (bicyclic) bond motifs is 1. The van der Waals surface area contributed by atoms with Crippen LogP contribution in [0.4, 0.5) is 0 Å². The van der Waals surface area contributed by atoms with Gasteiger partial charge < -0.3 is 0 Å². The molecule has 3 nitrogen and oxygen atoms in total. The first-order valence-electron chi connectivity index (χ1n) is 4.10. The third kappa shape index (κ3) is 0.897. The average Bonchev–Trinajstić information content (AvgIpc) is 2.49. The Morgan fingerprint density at radius 1 is 1.50 bits per heavy atom. The van der Waals surface area contributed by atoms with Gasteiger partial charge in [-0.25, -0.2) is 9.50 Å². The van der Waals surface area contributed by atoms with Gasteiger partial charge in [0.25, 0.3) is 0 Å². The molecule has 0 atom stereocenters. The Morgan fingerprint density at radius 3 is 3.08 bits per heavy atom. The number of hydrogen-bond acceptors (Lipinski definition) is 2. The fourth-order valence-corrected chi connectivity index (χ4v) is 1.43. The van der Waals surface area contributed by atoms with E-state index in [2.05, 4.69) is 23.9 Å². The molecule has 0 amide bonds. The smallest absolute Gasteiger partial charge is 0.118 e. The van der Waals surface area contributed by atoms with Crippen LogP contribution in [0.2, 0.25) is 0 Å². The number of nitrogens with zero attached hydrogens (tertiary/aromatic N) is 3. The van der Waals surface area contributed by atoms with E-state index in [4.69, 9.17) is 0 Å². The molecule has 3 heteroatoms. The predicted molar refractivity (Wildman–Crippen MR) is 47.1 cm³/mol. The molecule has 0 aliphatic carbocycles. The van der Waals surface area contributed by atoms with Crippen molar-refractivity contribution in [1.82, 2.24) is 14.6 Å². The Balaban J connectivity index is 2.83. The Bertz CT molecular complexity index is 403. The molecule has 0 aromatic carbocycles. The molecule has 0 saturated heterocycles. The summed E-state index contributed by atoms with van der Waals surface area (Å²) >= 11 is 0. The van der Waals surface area contributed by atoms with Crippen molar-refractivity contribution in [3.05, 3.63) is 29.8 Å². The van der Waals surface area contributed by atoms with E-state index in [1.807, 2.05) is 10.6 Å². The number of hydrogen-bond donors (Lipinski definition) is 0. The SMILES string of the molecule is CCc1ncn2nccc(C)c12. The number of imidazole rings is 1. The molecule has 0 radical (unpaired) electrons. The lowest BCUT2D eigenvalue weighted by atomic mass is 10.2. The molecule has 0 bridgehead atoms. The van der Waals surface area contributed by atoms with Crippen molar-refractivity contribution in [2.24, 2.45) is 0 Å². The summed E-state index contributed by atoms with van der Waals surface area (Å²) in [5, 5.41) is 4.16. The van der Waals surface area contributed by atoms with Crippen LogP contribution in [0.5, 0.6) is 0 Å². The molecular weight excluding hydrogens is 150 g/mol. The molecule has 0 saturated carbocycles. The van der Waals surface area contributed by atoms with Crippen LogP contribution in [0.25, 0.3) is 5.52 Å². The highest BCUT2D eigenvalue weighted by Crippen LogP contribution is 2.12. The van der Waals surface area contributed by atoms with Crippen molar-refractivity contribution in [3.8, 4) is 0 Å². The Hall–Kier alpha value is -1.38. The topological polar surface area (TPSA) is 30.2 Å². The first-order valence-corrected chi connectivity index (χ1v) is 4.10. The minimum absolute atomic E-state index is 0.961. The molecule has 0 aliphatic heterocycles. The second kappa shape index (κ2) is 2.59. The first kappa shape index (κ1) is 7.28. The van der Waals surface area contributed by atoms with Crippen molar-refractivity contribution in [2.75, 3.05) is 0 Å². The summed E-state index contributed by atoms with van der Waals surface area (Å²) in [6.45, 7) is 4.19. The molecule has 2 rings (SSSR count). The van der Waals surface area contributed by atoms with Crippen LogP contribution in [0.1, 0.15) is 18.2 Å². The van der Waals surface area contributed by atoms with Crippen molar-refractivity contribution in [3.63, 3.8) is 0 Å². The van der Waals surface area contributed by atoms with E-state index in [9.17, 15) is 0 Å². The minimum atomic E-state index is 0.961.